The third kappa shape index (κ3) is 46.9. The average Bonchev–Trinajstić information content (AvgIpc) is 3.29. The van der Waals surface area contributed by atoms with E-state index in [0.717, 1.165) is 51.4 Å². The number of unbranched alkanes of at least 4 members (excludes halogenated alkanes) is 36. The number of esters is 1. The molecular weight excluding hydrogens is 791 g/mol. The first-order chi connectivity index (χ1) is 31.5. The van der Waals surface area contributed by atoms with Gasteiger partial charge in [-0.15, -0.1) is 0 Å². The number of carbonyl (C=O) groups excluding carboxylic acids is 2. The van der Waals surface area contributed by atoms with E-state index in [1.54, 1.807) is 0 Å². The number of rotatable bonds is 52. The van der Waals surface area contributed by atoms with Crippen molar-refractivity contribution in [2.75, 3.05) is 6.61 Å². The van der Waals surface area contributed by atoms with Gasteiger partial charge in [0.2, 0.25) is 5.91 Å². The van der Waals surface area contributed by atoms with E-state index >= 15 is 0 Å². The molecule has 0 fully saturated rings. The van der Waals surface area contributed by atoms with Crippen LogP contribution in [0.4, 0.5) is 0 Å². The van der Waals surface area contributed by atoms with Crippen molar-refractivity contribution in [3.8, 4) is 0 Å². The van der Waals surface area contributed by atoms with Gasteiger partial charge in [-0.2, -0.15) is 0 Å². The van der Waals surface area contributed by atoms with Crippen LogP contribution < -0.4 is 5.32 Å². The number of aliphatic hydroxyl groups is 2. The first-order valence-corrected chi connectivity index (χ1v) is 28.6. The molecule has 0 aromatic rings. The van der Waals surface area contributed by atoms with Crippen molar-refractivity contribution in [3.05, 3.63) is 24.3 Å². The van der Waals surface area contributed by atoms with Crippen LogP contribution in [-0.4, -0.2) is 46.9 Å². The van der Waals surface area contributed by atoms with Crippen LogP contribution in [0.2, 0.25) is 0 Å². The zero-order chi connectivity index (χ0) is 46.7. The fraction of sp³-hybridized carbons (Fsp3) is 0.897. The molecule has 64 heavy (non-hydrogen) atoms. The lowest BCUT2D eigenvalue weighted by Gasteiger charge is -2.24. The van der Waals surface area contributed by atoms with Gasteiger partial charge in [0, 0.05) is 6.42 Å². The zero-order valence-corrected chi connectivity index (χ0v) is 43.2. The van der Waals surface area contributed by atoms with Crippen LogP contribution in [0.5, 0.6) is 0 Å². The van der Waals surface area contributed by atoms with Gasteiger partial charge in [0.25, 0.3) is 0 Å². The Bertz CT molecular complexity index is 1010. The molecule has 3 atom stereocenters. The molecule has 1 amide bonds. The van der Waals surface area contributed by atoms with Crippen LogP contribution >= 0.6 is 0 Å². The van der Waals surface area contributed by atoms with Gasteiger partial charge in [-0.25, -0.2) is 0 Å². The van der Waals surface area contributed by atoms with Crippen molar-refractivity contribution in [2.24, 2.45) is 0 Å². The summed E-state index contributed by atoms with van der Waals surface area (Å²) >= 11 is 0. The maximum absolute atomic E-state index is 13.2. The Hall–Kier alpha value is -1.66. The molecule has 0 aromatic heterocycles. The maximum atomic E-state index is 13.2. The average molecular weight is 903 g/mol. The maximum Gasteiger partial charge on any atom is 0.306 e. The summed E-state index contributed by atoms with van der Waals surface area (Å²) < 4.78 is 5.96. The fourth-order valence-corrected chi connectivity index (χ4v) is 8.93. The van der Waals surface area contributed by atoms with Crippen LogP contribution in [0, 0.1) is 0 Å². The van der Waals surface area contributed by atoms with Gasteiger partial charge in [0.15, 0.2) is 0 Å². The topological polar surface area (TPSA) is 95.9 Å². The summed E-state index contributed by atoms with van der Waals surface area (Å²) in [4.78, 5) is 26.2. The van der Waals surface area contributed by atoms with Gasteiger partial charge in [0.1, 0.15) is 6.10 Å². The Labute approximate surface area is 399 Å². The number of nitrogens with one attached hydrogen (secondary N) is 1. The molecule has 0 bridgehead atoms. The predicted octanol–water partition coefficient (Wildman–Crippen LogP) is 17.5. The largest absolute Gasteiger partial charge is 0.462 e. The van der Waals surface area contributed by atoms with Crippen molar-refractivity contribution >= 4 is 11.9 Å². The molecule has 0 spiro atoms. The SMILES string of the molecule is CCCCC/C=C\C/C=C\CCCCCCCCCCCC(=O)OC(CCCCCCCCCCCCCC)CC(=O)NC(CO)C(O)CCCCCCCCCCCCCCCC. The summed E-state index contributed by atoms with van der Waals surface area (Å²) in [6.07, 6.45) is 61.0. The Kier molecular flexibility index (Phi) is 51.0. The second-order valence-electron chi connectivity index (χ2n) is 19.7. The van der Waals surface area contributed by atoms with E-state index in [1.807, 2.05) is 0 Å². The monoisotopic (exact) mass is 902 g/mol. The van der Waals surface area contributed by atoms with E-state index in [4.69, 9.17) is 4.74 Å². The van der Waals surface area contributed by atoms with Crippen molar-refractivity contribution in [2.45, 2.75) is 328 Å². The number of hydrogen-bond acceptors (Lipinski definition) is 5. The van der Waals surface area contributed by atoms with E-state index < -0.39 is 18.2 Å². The molecule has 0 heterocycles. The first kappa shape index (κ1) is 62.3. The summed E-state index contributed by atoms with van der Waals surface area (Å²) in [6, 6.07) is -0.697. The molecule has 3 unspecified atom stereocenters. The summed E-state index contributed by atoms with van der Waals surface area (Å²) in [5.41, 5.74) is 0. The summed E-state index contributed by atoms with van der Waals surface area (Å²) in [7, 11) is 0. The lowest BCUT2D eigenvalue weighted by atomic mass is 10.0. The molecule has 6 nitrogen and oxygen atoms in total. The zero-order valence-electron chi connectivity index (χ0n) is 43.2. The number of aliphatic hydroxyl groups excluding tert-OH is 2. The molecule has 0 radical (unpaired) electrons. The fourth-order valence-electron chi connectivity index (χ4n) is 8.93. The van der Waals surface area contributed by atoms with Crippen molar-refractivity contribution in [1.29, 1.82) is 0 Å². The summed E-state index contributed by atoms with van der Waals surface area (Å²) in [6.45, 7) is 6.49. The van der Waals surface area contributed by atoms with E-state index in [0.29, 0.717) is 19.3 Å². The highest BCUT2D eigenvalue weighted by Crippen LogP contribution is 2.19. The third-order valence-corrected chi connectivity index (χ3v) is 13.3. The van der Waals surface area contributed by atoms with Crippen molar-refractivity contribution in [3.63, 3.8) is 0 Å². The highest BCUT2D eigenvalue weighted by molar-refractivity contribution is 5.77. The quantitative estimate of drug-likeness (QED) is 0.0321. The van der Waals surface area contributed by atoms with Crippen molar-refractivity contribution < 1.29 is 24.5 Å². The molecule has 3 N–H and O–H groups in total. The molecule has 0 aliphatic heterocycles. The Balaban J connectivity index is 4.46. The number of ether oxygens (including phenoxy) is 1. The van der Waals surface area contributed by atoms with E-state index in [1.165, 1.54) is 212 Å². The molecule has 378 valence electrons. The van der Waals surface area contributed by atoms with Gasteiger partial charge < -0.3 is 20.3 Å². The normalized spacial score (nSPS) is 13.3. The van der Waals surface area contributed by atoms with Crippen molar-refractivity contribution in [1.82, 2.24) is 5.32 Å². The van der Waals surface area contributed by atoms with Crippen LogP contribution in [0.15, 0.2) is 24.3 Å². The molecule has 0 saturated carbocycles. The highest BCUT2D eigenvalue weighted by atomic mass is 16.5. The van der Waals surface area contributed by atoms with Crippen LogP contribution in [0.25, 0.3) is 0 Å². The van der Waals surface area contributed by atoms with Gasteiger partial charge >= 0.3 is 5.97 Å². The van der Waals surface area contributed by atoms with Crippen LogP contribution in [0.3, 0.4) is 0 Å². The molecule has 0 aliphatic carbocycles. The minimum absolute atomic E-state index is 0.0820. The van der Waals surface area contributed by atoms with Crippen LogP contribution in [0.1, 0.15) is 310 Å². The van der Waals surface area contributed by atoms with E-state index in [-0.39, 0.29) is 24.9 Å². The molecular formula is C58H111NO5. The second kappa shape index (κ2) is 52.3. The van der Waals surface area contributed by atoms with Gasteiger partial charge in [-0.05, 0) is 57.8 Å². The number of amides is 1. The van der Waals surface area contributed by atoms with Gasteiger partial charge in [-0.1, -0.05) is 263 Å². The Morgan fingerprint density at radius 1 is 0.453 bits per heavy atom. The Morgan fingerprint density at radius 3 is 1.22 bits per heavy atom. The van der Waals surface area contributed by atoms with Gasteiger partial charge in [0.05, 0.1) is 25.2 Å². The van der Waals surface area contributed by atoms with E-state index in [2.05, 4.69) is 50.4 Å². The molecule has 0 aliphatic rings. The standard InChI is InChI=1S/C58H111NO5/c1-4-7-10-13-16-19-22-25-27-28-29-30-31-33-36-39-42-45-48-51-58(63)64-54(49-46-43-40-37-34-24-21-18-15-12-9-6-3)52-57(62)59-55(53-60)56(61)50-47-44-41-38-35-32-26-23-20-17-14-11-8-5-2/h16,19,25,27,54-56,60-61H,4-15,17-18,20-24,26,28-53H2,1-3H3,(H,59,62)/b19-16-,27-25-. The highest BCUT2D eigenvalue weighted by Gasteiger charge is 2.24. The number of allylic oxidation sites excluding steroid dienone is 4. The Morgan fingerprint density at radius 2 is 0.797 bits per heavy atom. The molecule has 0 aromatic carbocycles. The predicted molar refractivity (Wildman–Crippen MR) is 278 cm³/mol. The lowest BCUT2D eigenvalue weighted by molar-refractivity contribution is -0.151. The molecule has 0 rings (SSSR count). The second-order valence-corrected chi connectivity index (χ2v) is 19.7. The minimum Gasteiger partial charge on any atom is -0.462 e. The number of carbonyl (C=O) groups is 2. The number of hydrogen-bond donors (Lipinski definition) is 3. The summed E-state index contributed by atoms with van der Waals surface area (Å²) in [5, 5.41) is 23.9. The third-order valence-electron chi connectivity index (χ3n) is 13.3. The lowest BCUT2D eigenvalue weighted by Crippen LogP contribution is -2.46. The first-order valence-electron chi connectivity index (χ1n) is 28.6. The van der Waals surface area contributed by atoms with Gasteiger partial charge in [-0.3, -0.25) is 9.59 Å². The molecule has 0 saturated heterocycles. The smallest absolute Gasteiger partial charge is 0.306 e. The summed E-state index contributed by atoms with van der Waals surface area (Å²) in [5.74, 6) is -0.460. The minimum atomic E-state index is -0.784. The molecule has 6 heteroatoms. The van der Waals surface area contributed by atoms with E-state index in [9.17, 15) is 19.8 Å². The van der Waals surface area contributed by atoms with Crippen LogP contribution in [-0.2, 0) is 14.3 Å².